The van der Waals surface area contributed by atoms with Crippen molar-refractivity contribution >= 4 is 11.3 Å². The van der Waals surface area contributed by atoms with Crippen molar-refractivity contribution in [2.24, 2.45) is 11.7 Å². The van der Waals surface area contributed by atoms with Crippen LogP contribution in [-0.2, 0) is 0 Å². The molecule has 0 aliphatic carbocycles. The van der Waals surface area contributed by atoms with Crippen molar-refractivity contribution in [2.45, 2.75) is 52.1 Å². The molecule has 3 heteroatoms. The van der Waals surface area contributed by atoms with Gasteiger partial charge in [-0.15, -0.1) is 11.3 Å². The van der Waals surface area contributed by atoms with Crippen LogP contribution < -0.4 is 5.73 Å². The van der Waals surface area contributed by atoms with E-state index in [1.807, 2.05) is 11.3 Å². The van der Waals surface area contributed by atoms with Gasteiger partial charge < -0.3 is 5.73 Å². The van der Waals surface area contributed by atoms with E-state index in [1.165, 1.54) is 35.7 Å². The zero-order chi connectivity index (χ0) is 13.1. The van der Waals surface area contributed by atoms with Gasteiger partial charge in [0, 0.05) is 15.8 Å². The molecule has 1 fully saturated rings. The summed E-state index contributed by atoms with van der Waals surface area (Å²) in [5.74, 6) is 0.879. The Hall–Kier alpha value is -0.380. The highest BCUT2D eigenvalue weighted by Crippen LogP contribution is 2.33. The van der Waals surface area contributed by atoms with E-state index in [2.05, 4.69) is 37.8 Å². The first-order valence-electron chi connectivity index (χ1n) is 7.17. The van der Waals surface area contributed by atoms with Crippen molar-refractivity contribution < 1.29 is 0 Å². The Kier molecular flexibility index (Phi) is 4.82. The Morgan fingerprint density at radius 1 is 1.39 bits per heavy atom. The third-order valence-electron chi connectivity index (χ3n) is 4.14. The highest BCUT2D eigenvalue weighted by atomic mass is 32.1. The Bertz CT molecular complexity index is 366. The Morgan fingerprint density at radius 3 is 2.56 bits per heavy atom. The first-order valence-corrected chi connectivity index (χ1v) is 7.99. The van der Waals surface area contributed by atoms with Gasteiger partial charge in [-0.05, 0) is 57.3 Å². The van der Waals surface area contributed by atoms with Gasteiger partial charge in [0.25, 0.3) is 0 Å². The second-order valence-electron chi connectivity index (χ2n) is 5.68. The average Bonchev–Trinajstić information content (AvgIpc) is 2.78. The summed E-state index contributed by atoms with van der Waals surface area (Å²) in [5, 5.41) is 0. The fourth-order valence-corrected chi connectivity index (χ4v) is 3.89. The highest BCUT2D eigenvalue weighted by Gasteiger charge is 2.29. The Morgan fingerprint density at radius 2 is 2.06 bits per heavy atom. The summed E-state index contributed by atoms with van der Waals surface area (Å²) < 4.78 is 0. The largest absolute Gasteiger partial charge is 0.326 e. The second-order valence-corrected chi connectivity index (χ2v) is 7.00. The summed E-state index contributed by atoms with van der Waals surface area (Å²) in [6, 6.07) is 5.19. The van der Waals surface area contributed by atoms with Gasteiger partial charge in [0.05, 0.1) is 6.04 Å². The summed E-state index contributed by atoms with van der Waals surface area (Å²) >= 11 is 1.91. The lowest BCUT2D eigenvalue weighted by molar-refractivity contribution is 0.121. The van der Waals surface area contributed by atoms with Gasteiger partial charge in [-0.1, -0.05) is 13.8 Å². The van der Waals surface area contributed by atoms with Crippen molar-refractivity contribution in [1.82, 2.24) is 4.90 Å². The fraction of sp³-hybridized carbons (Fsp3) is 0.733. The van der Waals surface area contributed by atoms with Crippen LogP contribution in [0.5, 0.6) is 0 Å². The Balaban J connectivity index is 2.15. The number of aryl methyl sites for hydroxylation is 1. The number of likely N-dealkylation sites (tertiary alicyclic amines) is 1. The quantitative estimate of drug-likeness (QED) is 0.903. The van der Waals surface area contributed by atoms with Gasteiger partial charge in [-0.3, -0.25) is 4.90 Å². The summed E-state index contributed by atoms with van der Waals surface area (Å²) in [5.41, 5.74) is 6.39. The molecule has 1 aliphatic heterocycles. The predicted octanol–water partition coefficient (Wildman–Crippen LogP) is 3.57. The van der Waals surface area contributed by atoms with E-state index in [-0.39, 0.29) is 6.04 Å². The molecule has 2 N–H and O–H groups in total. The predicted molar refractivity (Wildman–Crippen MR) is 80.0 cm³/mol. The molecule has 0 saturated carbocycles. The van der Waals surface area contributed by atoms with E-state index < -0.39 is 0 Å². The van der Waals surface area contributed by atoms with E-state index in [0.29, 0.717) is 6.04 Å². The third kappa shape index (κ3) is 3.14. The van der Waals surface area contributed by atoms with Crippen molar-refractivity contribution in [3.63, 3.8) is 0 Å². The normalized spacial score (nSPS) is 22.0. The summed E-state index contributed by atoms with van der Waals surface area (Å²) in [4.78, 5) is 5.46. The summed E-state index contributed by atoms with van der Waals surface area (Å²) in [6.45, 7) is 9.15. The first kappa shape index (κ1) is 14.0. The van der Waals surface area contributed by atoms with Crippen LogP contribution in [0.4, 0.5) is 0 Å². The number of thiophene rings is 1. The number of hydrogen-bond donors (Lipinski definition) is 1. The molecule has 1 aromatic heterocycles. The second kappa shape index (κ2) is 6.18. The zero-order valence-corrected chi connectivity index (χ0v) is 12.7. The van der Waals surface area contributed by atoms with Crippen LogP contribution in [0.1, 0.15) is 48.9 Å². The summed E-state index contributed by atoms with van der Waals surface area (Å²) in [7, 11) is 0. The van der Waals surface area contributed by atoms with Crippen LogP contribution in [0, 0.1) is 12.8 Å². The smallest absolute Gasteiger partial charge is 0.0593 e. The molecule has 2 atom stereocenters. The van der Waals surface area contributed by atoms with E-state index in [1.54, 1.807) is 0 Å². The lowest BCUT2D eigenvalue weighted by Gasteiger charge is -2.39. The SMILES string of the molecule is CCC(N)C(c1ccc(C)s1)N1CCC(C)CC1. The molecule has 102 valence electrons. The average molecular weight is 266 g/mol. The van der Waals surface area contributed by atoms with Crippen LogP contribution >= 0.6 is 11.3 Å². The molecule has 0 radical (unpaired) electrons. The van der Waals surface area contributed by atoms with Gasteiger partial charge in [0.1, 0.15) is 0 Å². The van der Waals surface area contributed by atoms with Crippen LogP contribution in [0.15, 0.2) is 12.1 Å². The number of rotatable bonds is 4. The molecule has 0 bridgehead atoms. The van der Waals surface area contributed by atoms with Gasteiger partial charge in [0.15, 0.2) is 0 Å². The molecular formula is C15H26N2S. The highest BCUT2D eigenvalue weighted by molar-refractivity contribution is 7.12. The lowest BCUT2D eigenvalue weighted by Crippen LogP contribution is -2.44. The Labute approximate surface area is 115 Å². The monoisotopic (exact) mass is 266 g/mol. The molecule has 0 aromatic carbocycles. The van der Waals surface area contributed by atoms with E-state index >= 15 is 0 Å². The molecule has 0 spiro atoms. The van der Waals surface area contributed by atoms with E-state index in [9.17, 15) is 0 Å². The van der Waals surface area contributed by atoms with E-state index in [4.69, 9.17) is 5.73 Å². The number of hydrogen-bond acceptors (Lipinski definition) is 3. The number of nitrogens with zero attached hydrogens (tertiary/aromatic N) is 1. The molecule has 2 heterocycles. The minimum atomic E-state index is 0.261. The molecule has 18 heavy (non-hydrogen) atoms. The van der Waals surface area contributed by atoms with Gasteiger partial charge in [0.2, 0.25) is 0 Å². The van der Waals surface area contributed by atoms with Crippen molar-refractivity contribution in [1.29, 1.82) is 0 Å². The molecule has 1 aliphatic rings. The van der Waals surface area contributed by atoms with Gasteiger partial charge in [-0.25, -0.2) is 0 Å². The molecule has 2 nitrogen and oxygen atoms in total. The maximum absolute atomic E-state index is 6.39. The molecule has 2 unspecified atom stereocenters. The molecule has 0 amide bonds. The minimum absolute atomic E-state index is 0.261. The maximum atomic E-state index is 6.39. The van der Waals surface area contributed by atoms with Gasteiger partial charge >= 0.3 is 0 Å². The van der Waals surface area contributed by atoms with Crippen molar-refractivity contribution in [3.05, 3.63) is 21.9 Å². The van der Waals surface area contributed by atoms with E-state index in [0.717, 1.165) is 12.3 Å². The number of nitrogens with two attached hydrogens (primary N) is 1. The lowest BCUT2D eigenvalue weighted by atomic mass is 9.95. The van der Waals surface area contributed by atoms with Crippen LogP contribution in [-0.4, -0.2) is 24.0 Å². The van der Waals surface area contributed by atoms with Crippen molar-refractivity contribution in [3.8, 4) is 0 Å². The van der Waals surface area contributed by atoms with Crippen LogP contribution in [0.25, 0.3) is 0 Å². The zero-order valence-electron chi connectivity index (χ0n) is 11.9. The fourth-order valence-electron chi connectivity index (χ4n) is 2.80. The third-order valence-corrected chi connectivity index (χ3v) is 5.21. The molecule has 1 aromatic rings. The van der Waals surface area contributed by atoms with Crippen molar-refractivity contribution in [2.75, 3.05) is 13.1 Å². The molecule has 2 rings (SSSR count). The number of piperidine rings is 1. The maximum Gasteiger partial charge on any atom is 0.0593 e. The van der Waals surface area contributed by atoms with Crippen LogP contribution in [0.2, 0.25) is 0 Å². The molecular weight excluding hydrogens is 240 g/mol. The standard InChI is InChI=1S/C15H26N2S/c1-4-13(16)15(14-6-5-12(3)18-14)17-9-7-11(2)8-10-17/h5-6,11,13,15H,4,7-10,16H2,1-3H3. The summed E-state index contributed by atoms with van der Waals surface area (Å²) in [6.07, 6.45) is 3.68. The topological polar surface area (TPSA) is 29.3 Å². The first-order chi connectivity index (χ1) is 8.61. The van der Waals surface area contributed by atoms with Gasteiger partial charge in [-0.2, -0.15) is 0 Å². The van der Waals surface area contributed by atoms with Crippen LogP contribution in [0.3, 0.4) is 0 Å². The minimum Gasteiger partial charge on any atom is -0.326 e. The molecule has 1 saturated heterocycles.